The molecule has 1 saturated heterocycles. The number of aliphatic carboxylic acids is 2. The first-order valence-corrected chi connectivity index (χ1v) is 5.44. The van der Waals surface area contributed by atoms with Gasteiger partial charge in [0.15, 0.2) is 0 Å². The molecule has 1 heterocycles. The van der Waals surface area contributed by atoms with Crippen molar-refractivity contribution in [3.63, 3.8) is 0 Å². The van der Waals surface area contributed by atoms with E-state index in [-0.39, 0.29) is 24.8 Å². The van der Waals surface area contributed by atoms with Gasteiger partial charge in [0, 0.05) is 13.0 Å². The first-order valence-electron chi connectivity index (χ1n) is 4.80. The standard InChI is InChI=1S/C9H13NO5S/c11-7-1-5(4-16)3-10(7)6(9(14)15)2-8(12)13/h5-6,16H,1-4H2,(H,12,13)(H,14,15)/t5?,6-/m0/s1. The van der Waals surface area contributed by atoms with Gasteiger partial charge >= 0.3 is 11.9 Å². The van der Waals surface area contributed by atoms with Gasteiger partial charge in [-0.15, -0.1) is 0 Å². The van der Waals surface area contributed by atoms with E-state index in [0.717, 1.165) is 4.90 Å². The molecule has 16 heavy (non-hydrogen) atoms. The van der Waals surface area contributed by atoms with Crippen LogP contribution in [0.3, 0.4) is 0 Å². The normalized spacial score (nSPS) is 22.2. The third-order valence-corrected chi connectivity index (χ3v) is 3.04. The summed E-state index contributed by atoms with van der Waals surface area (Å²) in [7, 11) is 0. The van der Waals surface area contributed by atoms with Crippen LogP contribution >= 0.6 is 12.6 Å². The number of hydrogen-bond donors (Lipinski definition) is 3. The number of hydrogen-bond acceptors (Lipinski definition) is 4. The Balaban J connectivity index is 2.75. The van der Waals surface area contributed by atoms with Crippen LogP contribution in [-0.2, 0) is 14.4 Å². The minimum atomic E-state index is -1.28. The lowest BCUT2D eigenvalue weighted by molar-refractivity contribution is -0.153. The zero-order chi connectivity index (χ0) is 12.3. The highest BCUT2D eigenvalue weighted by molar-refractivity contribution is 7.80. The van der Waals surface area contributed by atoms with Gasteiger partial charge in [-0.05, 0) is 11.7 Å². The van der Waals surface area contributed by atoms with Gasteiger partial charge in [0.2, 0.25) is 5.91 Å². The largest absolute Gasteiger partial charge is 0.481 e. The van der Waals surface area contributed by atoms with Crippen molar-refractivity contribution in [2.45, 2.75) is 18.9 Å². The fourth-order valence-corrected chi connectivity index (χ4v) is 1.97. The summed E-state index contributed by atoms with van der Waals surface area (Å²) in [6.45, 7) is 0.270. The molecule has 0 bridgehead atoms. The van der Waals surface area contributed by atoms with Crippen LogP contribution in [0.4, 0.5) is 0 Å². The van der Waals surface area contributed by atoms with Gasteiger partial charge < -0.3 is 15.1 Å². The quantitative estimate of drug-likeness (QED) is 0.579. The van der Waals surface area contributed by atoms with Gasteiger partial charge in [-0.2, -0.15) is 12.6 Å². The lowest BCUT2D eigenvalue weighted by Gasteiger charge is -2.23. The number of carbonyl (C=O) groups is 3. The Hall–Kier alpha value is -1.24. The van der Waals surface area contributed by atoms with Crippen molar-refractivity contribution in [2.24, 2.45) is 5.92 Å². The van der Waals surface area contributed by atoms with E-state index >= 15 is 0 Å². The Morgan fingerprint density at radius 1 is 1.50 bits per heavy atom. The van der Waals surface area contributed by atoms with E-state index in [0.29, 0.717) is 5.75 Å². The zero-order valence-electron chi connectivity index (χ0n) is 8.50. The molecular weight excluding hydrogens is 234 g/mol. The van der Waals surface area contributed by atoms with Crippen LogP contribution in [0.25, 0.3) is 0 Å². The highest BCUT2D eigenvalue weighted by Crippen LogP contribution is 2.22. The molecule has 7 heteroatoms. The number of carboxylic acids is 2. The summed E-state index contributed by atoms with van der Waals surface area (Å²) in [6, 6.07) is -1.27. The average molecular weight is 247 g/mol. The molecule has 0 spiro atoms. The Labute approximate surface area is 97.6 Å². The molecule has 1 aliphatic heterocycles. The van der Waals surface area contributed by atoms with Crippen LogP contribution in [0, 0.1) is 5.92 Å². The van der Waals surface area contributed by atoms with Crippen molar-refractivity contribution in [2.75, 3.05) is 12.3 Å². The molecule has 2 atom stereocenters. The van der Waals surface area contributed by atoms with Crippen LogP contribution in [0.1, 0.15) is 12.8 Å². The monoisotopic (exact) mass is 247 g/mol. The van der Waals surface area contributed by atoms with E-state index in [1.54, 1.807) is 0 Å². The Kier molecular flexibility index (Phi) is 4.17. The third kappa shape index (κ3) is 2.88. The van der Waals surface area contributed by atoms with Crippen LogP contribution in [0.2, 0.25) is 0 Å². The van der Waals surface area contributed by atoms with Crippen molar-refractivity contribution in [1.29, 1.82) is 0 Å². The molecule has 90 valence electrons. The highest BCUT2D eigenvalue weighted by Gasteiger charge is 2.38. The molecule has 0 saturated carbocycles. The van der Waals surface area contributed by atoms with Crippen LogP contribution in [0.5, 0.6) is 0 Å². The maximum atomic E-state index is 11.5. The number of amides is 1. The second kappa shape index (κ2) is 5.20. The highest BCUT2D eigenvalue weighted by atomic mass is 32.1. The third-order valence-electron chi connectivity index (χ3n) is 2.53. The van der Waals surface area contributed by atoms with E-state index in [2.05, 4.69) is 12.6 Å². The molecule has 1 rings (SSSR count). The molecule has 0 aliphatic carbocycles. The predicted octanol–water partition coefficient (Wildman–Crippen LogP) is -0.307. The smallest absolute Gasteiger partial charge is 0.327 e. The lowest BCUT2D eigenvalue weighted by Crippen LogP contribution is -2.43. The fourth-order valence-electron chi connectivity index (χ4n) is 1.73. The minimum absolute atomic E-state index is 0.00600. The van der Waals surface area contributed by atoms with E-state index < -0.39 is 24.4 Å². The number of rotatable bonds is 5. The summed E-state index contributed by atoms with van der Waals surface area (Å²) < 4.78 is 0. The van der Waals surface area contributed by atoms with Crippen molar-refractivity contribution < 1.29 is 24.6 Å². The summed E-state index contributed by atoms with van der Waals surface area (Å²) in [5.74, 6) is -2.33. The number of likely N-dealkylation sites (tertiary alicyclic amines) is 1. The topological polar surface area (TPSA) is 94.9 Å². The van der Waals surface area contributed by atoms with Crippen molar-refractivity contribution in [3.05, 3.63) is 0 Å². The molecule has 0 aromatic rings. The number of carbonyl (C=O) groups excluding carboxylic acids is 1. The maximum absolute atomic E-state index is 11.5. The van der Waals surface area contributed by atoms with E-state index in [4.69, 9.17) is 10.2 Å². The number of thiol groups is 1. The Bertz CT molecular complexity index is 319. The first kappa shape index (κ1) is 12.8. The van der Waals surface area contributed by atoms with Crippen molar-refractivity contribution in [3.8, 4) is 0 Å². The van der Waals surface area contributed by atoms with E-state index in [9.17, 15) is 14.4 Å². The van der Waals surface area contributed by atoms with E-state index in [1.807, 2.05) is 0 Å². The molecule has 1 amide bonds. The molecule has 6 nitrogen and oxygen atoms in total. The van der Waals surface area contributed by atoms with Crippen LogP contribution < -0.4 is 0 Å². The maximum Gasteiger partial charge on any atom is 0.327 e. The lowest BCUT2D eigenvalue weighted by atomic mass is 10.1. The van der Waals surface area contributed by atoms with Crippen LogP contribution in [0.15, 0.2) is 0 Å². The number of nitrogens with zero attached hydrogens (tertiary/aromatic N) is 1. The Morgan fingerprint density at radius 3 is 2.50 bits per heavy atom. The van der Waals surface area contributed by atoms with Crippen molar-refractivity contribution in [1.82, 2.24) is 4.90 Å². The predicted molar refractivity (Wildman–Crippen MR) is 57.3 cm³/mol. The molecular formula is C9H13NO5S. The second-order valence-corrected chi connectivity index (χ2v) is 4.12. The van der Waals surface area contributed by atoms with Gasteiger partial charge in [0.1, 0.15) is 6.04 Å². The molecule has 1 unspecified atom stereocenters. The zero-order valence-corrected chi connectivity index (χ0v) is 9.39. The summed E-state index contributed by atoms with van der Waals surface area (Å²) in [5.41, 5.74) is 0. The summed E-state index contributed by atoms with van der Waals surface area (Å²) in [5, 5.41) is 17.5. The summed E-state index contributed by atoms with van der Waals surface area (Å²) in [4.78, 5) is 34.0. The van der Waals surface area contributed by atoms with Gasteiger partial charge in [0.05, 0.1) is 6.42 Å². The average Bonchev–Trinajstić information content (AvgIpc) is 2.55. The molecule has 2 N–H and O–H groups in total. The second-order valence-electron chi connectivity index (χ2n) is 3.75. The van der Waals surface area contributed by atoms with Gasteiger partial charge in [-0.3, -0.25) is 9.59 Å². The summed E-state index contributed by atoms with van der Waals surface area (Å²) >= 11 is 4.04. The molecule has 1 fully saturated rings. The fraction of sp³-hybridized carbons (Fsp3) is 0.667. The minimum Gasteiger partial charge on any atom is -0.481 e. The number of carboxylic acid groups (broad SMARTS) is 2. The summed E-state index contributed by atoms with van der Waals surface area (Å²) in [6.07, 6.45) is -0.326. The SMILES string of the molecule is O=C(O)C[C@@H](C(=O)O)N1CC(CS)CC1=O. The van der Waals surface area contributed by atoms with Crippen molar-refractivity contribution >= 4 is 30.5 Å². The first-order chi connectivity index (χ1) is 7.45. The van der Waals surface area contributed by atoms with Gasteiger partial charge in [0.25, 0.3) is 0 Å². The molecule has 1 aliphatic rings. The van der Waals surface area contributed by atoms with Crippen LogP contribution in [-0.4, -0.2) is 51.3 Å². The van der Waals surface area contributed by atoms with Gasteiger partial charge in [-0.1, -0.05) is 0 Å². The Morgan fingerprint density at radius 2 is 2.12 bits per heavy atom. The molecule has 0 aromatic heterocycles. The molecule has 0 aromatic carbocycles. The molecule has 0 radical (unpaired) electrons. The van der Waals surface area contributed by atoms with E-state index in [1.165, 1.54) is 0 Å². The van der Waals surface area contributed by atoms with Gasteiger partial charge in [-0.25, -0.2) is 4.79 Å².